The van der Waals surface area contributed by atoms with Gasteiger partial charge in [0.15, 0.2) is 0 Å². The second-order valence-corrected chi connectivity index (χ2v) is 5.95. The standard InChI is InChI=1S/C16H23N3O/c1-3-12-7-4-5-10-19(12)16(20)15-13-8-6-9-14(13)17-11(2)18-15/h12H,3-10H2,1-2H3. The lowest BCUT2D eigenvalue weighted by atomic mass is 9.99. The number of piperidine rings is 1. The summed E-state index contributed by atoms with van der Waals surface area (Å²) in [5, 5.41) is 0. The highest BCUT2D eigenvalue weighted by Crippen LogP contribution is 2.27. The van der Waals surface area contributed by atoms with E-state index in [0.717, 1.165) is 62.2 Å². The lowest BCUT2D eigenvalue weighted by Crippen LogP contribution is -2.44. The lowest BCUT2D eigenvalue weighted by molar-refractivity contribution is 0.0600. The number of fused-ring (bicyclic) bond motifs is 1. The first-order chi connectivity index (χ1) is 9.70. The van der Waals surface area contributed by atoms with Crippen LogP contribution in [0.4, 0.5) is 0 Å². The van der Waals surface area contributed by atoms with E-state index in [2.05, 4.69) is 21.8 Å². The van der Waals surface area contributed by atoms with Crippen LogP contribution in [0.2, 0.25) is 0 Å². The minimum atomic E-state index is 0.139. The minimum absolute atomic E-state index is 0.139. The van der Waals surface area contributed by atoms with E-state index >= 15 is 0 Å². The summed E-state index contributed by atoms with van der Waals surface area (Å²) in [5.74, 6) is 0.874. The lowest BCUT2D eigenvalue weighted by Gasteiger charge is -2.35. The monoisotopic (exact) mass is 273 g/mol. The van der Waals surface area contributed by atoms with Crippen molar-refractivity contribution >= 4 is 5.91 Å². The van der Waals surface area contributed by atoms with Crippen molar-refractivity contribution in [2.75, 3.05) is 6.54 Å². The zero-order valence-corrected chi connectivity index (χ0v) is 12.5. The number of hydrogen-bond acceptors (Lipinski definition) is 3. The van der Waals surface area contributed by atoms with Crippen LogP contribution in [0.15, 0.2) is 0 Å². The molecule has 1 fully saturated rings. The molecular formula is C16H23N3O. The van der Waals surface area contributed by atoms with E-state index in [-0.39, 0.29) is 5.91 Å². The molecule has 1 saturated heterocycles. The van der Waals surface area contributed by atoms with Gasteiger partial charge in [-0.2, -0.15) is 0 Å². The zero-order chi connectivity index (χ0) is 14.1. The Hall–Kier alpha value is -1.45. The molecule has 0 spiro atoms. The molecular weight excluding hydrogens is 250 g/mol. The number of nitrogens with zero attached hydrogens (tertiary/aromatic N) is 3. The van der Waals surface area contributed by atoms with Crippen molar-refractivity contribution in [2.24, 2.45) is 0 Å². The smallest absolute Gasteiger partial charge is 0.273 e. The van der Waals surface area contributed by atoms with Crippen LogP contribution < -0.4 is 0 Å². The Morgan fingerprint density at radius 3 is 2.90 bits per heavy atom. The van der Waals surface area contributed by atoms with E-state index in [9.17, 15) is 4.79 Å². The Labute approximate surface area is 120 Å². The van der Waals surface area contributed by atoms with Crippen LogP contribution in [0, 0.1) is 6.92 Å². The van der Waals surface area contributed by atoms with Gasteiger partial charge in [0.1, 0.15) is 11.5 Å². The van der Waals surface area contributed by atoms with Crippen LogP contribution in [-0.2, 0) is 12.8 Å². The fraction of sp³-hybridized carbons (Fsp3) is 0.688. The molecule has 20 heavy (non-hydrogen) atoms. The second kappa shape index (κ2) is 5.51. The maximum atomic E-state index is 12.9. The van der Waals surface area contributed by atoms with Crippen LogP contribution in [0.1, 0.15) is 66.6 Å². The molecule has 0 saturated carbocycles. The van der Waals surface area contributed by atoms with Gasteiger partial charge in [0, 0.05) is 23.8 Å². The number of hydrogen-bond donors (Lipinski definition) is 0. The average molecular weight is 273 g/mol. The topological polar surface area (TPSA) is 46.1 Å². The number of likely N-dealkylation sites (tertiary alicyclic amines) is 1. The molecule has 1 aliphatic heterocycles. The van der Waals surface area contributed by atoms with Gasteiger partial charge in [-0.1, -0.05) is 6.92 Å². The largest absolute Gasteiger partial charge is 0.334 e. The van der Waals surface area contributed by atoms with Gasteiger partial charge in [-0.3, -0.25) is 4.79 Å². The van der Waals surface area contributed by atoms with E-state index in [4.69, 9.17) is 0 Å². The van der Waals surface area contributed by atoms with Crippen molar-refractivity contribution in [3.8, 4) is 0 Å². The van der Waals surface area contributed by atoms with E-state index in [1.54, 1.807) is 0 Å². The fourth-order valence-electron chi connectivity index (χ4n) is 3.56. The first kappa shape index (κ1) is 13.5. The Morgan fingerprint density at radius 1 is 1.25 bits per heavy atom. The third-order valence-corrected chi connectivity index (χ3v) is 4.61. The SMILES string of the molecule is CCC1CCCCN1C(=O)c1nc(C)nc2c1CCC2. The third kappa shape index (κ3) is 2.32. The number of amides is 1. The molecule has 108 valence electrons. The summed E-state index contributed by atoms with van der Waals surface area (Å²) in [6.45, 7) is 4.95. The van der Waals surface area contributed by atoms with E-state index in [1.165, 1.54) is 6.42 Å². The Balaban J connectivity index is 1.94. The predicted molar refractivity (Wildman–Crippen MR) is 77.8 cm³/mol. The van der Waals surface area contributed by atoms with Gasteiger partial charge in [0.25, 0.3) is 5.91 Å². The Morgan fingerprint density at radius 2 is 2.10 bits per heavy atom. The fourth-order valence-corrected chi connectivity index (χ4v) is 3.56. The summed E-state index contributed by atoms with van der Waals surface area (Å²) in [4.78, 5) is 24.0. The zero-order valence-electron chi connectivity index (χ0n) is 12.5. The van der Waals surface area contributed by atoms with Gasteiger partial charge in [-0.25, -0.2) is 9.97 Å². The van der Waals surface area contributed by atoms with Gasteiger partial charge in [0.05, 0.1) is 0 Å². The molecule has 1 aromatic heterocycles. The summed E-state index contributed by atoms with van der Waals surface area (Å²) in [6, 6.07) is 0.392. The summed E-state index contributed by atoms with van der Waals surface area (Å²) in [7, 11) is 0. The molecule has 1 amide bonds. The molecule has 0 N–H and O–H groups in total. The highest BCUT2D eigenvalue weighted by Gasteiger charge is 2.30. The van der Waals surface area contributed by atoms with Gasteiger partial charge in [0.2, 0.25) is 0 Å². The van der Waals surface area contributed by atoms with Crippen LogP contribution in [0.5, 0.6) is 0 Å². The van der Waals surface area contributed by atoms with E-state index in [0.29, 0.717) is 11.7 Å². The number of rotatable bonds is 2. The number of carbonyl (C=O) groups is 1. The summed E-state index contributed by atoms with van der Waals surface area (Å²) in [5.41, 5.74) is 2.90. The molecule has 3 rings (SSSR count). The Bertz CT molecular complexity index is 527. The van der Waals surface area contributed by atoms with Crippen LogP contribution in [0.25, 0.3) is 0 Å². The highest BCUT2D eigenvalue weighted by atomic mass is 16.2. The third-order valence-electron chi connectivity index (χ3n) is 4.61. The van der Waals surface area contributed by atoms with E-state index < -0.39 is 0 Å². The van der Waals surface area contributed by atoms with Crippen LogP contribution in [0.3, 0.4) is 0 Å². The van der Waals surface area contributed by atoms with E-state index in [1.807, 2.05) is 6.92 Å². The first-order valence-corrected chi connectivity index (χ1v) is 7.88. The maximum absolute atomic E-state index is 12.9. The quantitative estimate of drug-likeness (QED) is 0.832. The maximum Gasteiger partial charge on any atom is 0.273 e. The van der Waals surface area contributed by atoms with Crippen molar-refractivity contribution in [1.29, 1.82) is 0 Å². The number of carbonyl (C=O) groups excluding carboxylic acids is 1. The molecule has 1 atom stereocenters. The van der Waals surface area contributed by atoms with Crippen LogP contribution in [-0.4, -0.2) is 33.4 Å². The second-order valence-electron chi connectivity index (χ2n) is 5.95. The van der Waals surface area contributed by atoms with Gasteiger partial charge >= 0.3 is 0 Å². The van der Waals surface area contributed by atoms with Crippen molar-refractivity contribution in [2.45, 2.75) is 64.8 Å². The summed E-state index contributed by atoms with van der Waals surface area (Å²) >= 11 is 0. The minimum Gasteiger partial charge on any atom is -0.334 e. The van der Waals surface area contributed by atoms with Crippen molar-refractivity contribution in [3.05, 3.63) is 22.8 Å². The van der Waals surface area contributed by atoms with Gasteiger partial charge < -0.3 is 4.90 Å². The van der Waals surface area contributed by atoms with Crippen LogP contribution >= 0.6 is 0 Å². The van der Waals surface area contributed by atoms with Crippen molar-refractivity contribution < 1.29 is 4.79 Å². The first-order valence-electron chi connectivity index (χ1n) is 7.88. The molecule has 1 unspecified atom stereocenters. The van der Waals surface area contributed by atoms with Crippen molar-refractivity contribution in [1.82, 2.24) is 14.9 Å². The molecule has 4 heteroatoms. The van der Waals surface area contributed by atoms with Gasteiger partial charge in [-0.05, 0) is 51.9 Å². The molecule has 4 nitrogen and oxygen atoms in total. The summed E-state index contributed by atoms with van der Waals surface area (Å²) < 4.78 is 0. The summed E-state index contributed by atoms with van der Waals surface area (Å²) in [6.07, 6.45) is 7.59. The molecule has 0 bridgehead atoms. The molecule has 0 radical (unpaired) electrons. The number of aromatic nitrogens is 2. The predicted octanol–water partition coefficient (Wildman–Crippen LogP) is 2.68. The molecule has 2 heterocycles. The van der Waals surface area contributed by atoms with Gasteiger partial charge in [-0.15, -0.1) is 0 Å². The Kier molecular flexibility index (Phi) is 3.72. The molecule has 2 aliphatic rings. The highest BCUT2D eigenvalue weighted by molar-refractivity contribution is 5.94. The normalized spacial score (nSPS) is 21.9. The molecule has 1 aliphatic carbocycles. The molecule has 0 aromatic carbocycles. The van der Waals surface area contributed by atoms with Crippen molar-refractivity contribution in [3.63, 3.8) is 0 Å². The average Bonchev–Trinajstić information content (AvgIpc) is 2.93. The molecule has 1 aromatic rings. The number of aryl methyl sites for hydroxylation is 2.